The average Bonchev–Trinajstić information content (AvgIpc) is 3.05. The maximum atomic E-state index is 12.7. The summed E-state index contributed by atoms with van der Waals surface area (Å²) in [5.41, 5.74) is 2.74. The number of hydrogen-bond donors (Lipinski definition) is 0. The quantitative estimate of drug-likeness (QED) is 0.708. The molecular weight excluding hydrogens is 350 g/mol. The lowest BCUT2D eigenvalue weighted by Gasteiger charge is -2.18. The van der Waals surface area contributed by atoms with E-state index >= 15 is 0 Å². The highest BCUT2D eigenvalue weighted by Crippen LogP contribution is 2.22. The van der Waals surface area contributed by atoms with E-state index in [1.54, 1.807) is 22.2 Å². The SMILES string of the molecule is O=C1N(Cc2ccc(Cl)cc2)CCN1c1ccc(-c2ccncc2)nn1. The molecule has 4 rings (SSSR count). The second kappa shape index (κ2) is 7.09. The van der Waals surface area contributed by atoms with Crippen molar-refractivity contribution in [2.45, 2.75) is 6.54 Å². The molecule has 0 saturated carbocycles. The van der Waals surface area contributed by atoms with Crippen molar-refractivity contribution in [2.24, 2.45) is 0 Å². The minimum atomic E-state index is -0.0640. The van der Waals surface area contributed by atoms with Crippen molar-refractivity contribution in [3.8, 4) is 11.3 Å². The molecule has 1 aliphatic heterocycles. The van der Waals surface area contributed by atoms with Crippen LogP contribution in [0.1, 0.15) is 5.56 Å². The van der Waals surface area contributed by atoms with Gasteiger partial charge < -0.3 is 4.90 Å². The summed E-state index contributed by atoms with van der Waals surface area (Å²) in [5.74, 6) is 0.561. The van der Waals surface area contributed by atoms with Crippen LogP contribution in [0.15, 0.2) is 60.9 Å². The summed E-state index contributed by atoms with van der Waals surface area (Å²) >= 11 is 5.91. The summed E-state index contributed by atoms with van der Waals surface area (Å²) in [7, 11) is 0. The fourth-order valence-corrected chi connectivity index (χ4v) is 3.02. The summed E-state index contributed by atoms with van der Waals surface area (Å²) in [5, 5.41) is 9.16. The molecule has 0 atom stereocenters. The lowest BCUT2D eigenvalue weighted by atomic mass is 10.2. The lowest BCUT2D eigenvalue weighted by Crippen LogP contribution is -2.32. The Labute approximate surface area is 156 Å². The van der Waals surface area contributed by atoms with Crippen molar-refractivity contribution in [3.63, 3.8) is 0 Å². The first-order chi connectivity index (χ1) is 12.7. The molecule has 1 fully saturated rings. The Morgan fingerprint density at radius 1 is 0.923 bits per heavy atom. The number of carbonyl (C=O) groups is 1. The predicted octanol–water partition coefficient (Wildman–Crippen LogP) is 3.63. The second-order valence-electron chi connectivity index (χ2n) is 5.99. The Morgan fingerprint density at radius 3 is 2.38 bits per heavy atom. The van der Waals surface area contributed by atoms with Gasteiger partial charge in [0, 0.05) is 42.6 Å². The van der Waals surface area contributed by atoms with Crippen LogP contribution in [0, 0.1) is 0 Å². The lowest BCUT2D eigenvalue weighted by molar-refractivity contribution is 0.218. The zero-order valence-corrected chi connectivity index (χ0v) is 14.7. The Hall–Kier alpha value is -2.99. The molecule has 26 heavy (non-hydrogen) atoms. The molecule has 3 aromatic rings. The van der Waals surface area contributed by atoms with Crippen molar-refractivity contribution < 1.29 is 4.79 Å². The van der Waals surface area contributed by atoms with Gasteiger partial charge in [0.1, 0.15) is 0 Å². The highest BCUT2D eigenvalue weighted by molar-refractivity contribution is 6.30. The van der Waals surface area contributed by atoms with E-state index in [0.29, 0.717) is 30.5 Å². The van der Waals surface area contributed by atoms with E-state index < -0.39 is 0 Å². The third-order valence-electron chi connectivity index (χ3n) is 4.28. The van der Waals surface area contributed by atoms with Gasteiger partial charge in [-0.05, 0) is 42.0 Å². The number of urea groups is 1. The molecule has 130 valence electrons. The van der Waals surface area contributed by atoms with E-state index in [2.05, 4.69) is 15.2 Å². The van der Waals surface area contributed by atoms with Gasteiger partial charge in [0.25, 0.3) is 0 Å². The minimum absolute atomic E-state index is 0.0640. The van der Waals surface area contributed by atoms with E-state index in [1.807, 2.05) is 48.5 Å². The Kier molecular flexibility index (Phi) is 4.50. The van der Waals surface area contributed by atoms with Crippen LogP contribution >= 0.6 is 11.6 Å². The fourth-order valence-electron chi connectivity index (χ4n) is 2.90. The van der Waals surface area contributed by atoms with E-state index in [1.165, 1.54) is 0 Å². The van der Waals surface area contributed by atoms with Crippen molar-refractivity contribution in [1.82, 2.24) is 20.1 Å². The molecule has 0 aliphatic carbocycles. The molecule has 0 unspecified atom stereocenters. The van der Waals surface area contributed by atoms with Crippen molar-refractivity contribution in [3.05, 3.63) is 71.5 Å². The highest BCUT2D eigenvalue weighted by Gasteiger charge is 2.30. The maximum absolute atomic E-state index is 12.7. The number of amides is 2. The zero-order chi connectivity index (χ0) is 17.9. The van der Waals surface area contributed by atoms with Gasteiger partial charge in [0.15, 0.2) is 5.82 Å². The molecule has 3 heterocycles. The van der Waals surface area contributed by atoms with Gasteiger partial charge in [-0.2, -0.15) is 0 Å². The summed E-state index contributed by atoms with van der Waals surface area (Å²) in [6.07, 6.45) is 3.42. The topological polar surface area (TPSA) is 62.2 Å². The first-order valence-electron chi connectivity index (χ1n) is 8.26. The second-order valence-corrected chi connectivity index (χ2v) is 6.43. The maximum Gasteiger partial charge on any atom is 0.326 e. The molecule has 1 aromatic carbocycles. The Bertz CT molecular complexity index is 899. The molecule has 6 nitrogen and oxygen atoms in total. The van der Waals surface area contributed by atoms with Crippen LogP contribution in [0.25, 0.3) is 11.3 Å². The van der Waals surface area contributed by atoms with Gasteiger partial charge in [0.2, 0.25) is 0 Å². The molecule has 1 aliphatic rings. The molecule has 7 heteroatoms. The molecule has 1 saturated heterocycles. The van der Waals surface area contributed by atoms with E-state index in [0.717, 1.165) is 16.8 Å². The van der Waals surface area contributed by atoms with Crippen LogP contribution < -0.4 is 4.90 Å². The monoisotopic (exact) mass is 365 g/mol. The summed E-state index contributed by atoms with van der Waals surface area (Å²) in [6.45, 7) is 1.79. The number of nitrogens with zero attached hydrogens (tertiary/aromatic N) is 5. The van der Waals surface area contributed by atoms with Crippen LogP contribution in [0.4, 0.5) is 10.6 Å². The number of benzene rings is 1. The van der Waals surface area contributed by atoms with Crippen molar-refractivity contribution >= 4 is 23.4 Å². The number of aromatic nitrogens is 3. The zero-order valence-electron chi connectivity index (χ0n) is 13.9. The number of halogens is 1. The molecular formula is C19H16ClN5O. The average molecular weight is 366 g/mol. The van der Waals surface area contributed by atoms with Gasteiger partial charge in [-0.3, -0.25) is 9.88 Å². The fraction of sp³-hybridized carbons (Fsp3) is 0.158. The summed E-state index contributed by atoms with van der Waals surface area (Å²) < 4.78 is 0. The van der Waals surface area contributed by atoms with E-state index in [4.69, 9.17) is 11.6 Å². The van der Waals surface area contributed by atoms with Crippen molar-refractivity contribution in [1.29, 1.82) is 0 Å². The molecule has 2 amide bonds. The first-order valence-corrected chi connectivity index (χ1v) is 8.63. The third kappa shape index (κ3) is 3.36. The highest BCUT2D eigenvalue weighted by atomic mass is 35.5. The first kappa shape index (κ1) is 16.5. The number of hydrogen-bond acceptors (Lipinski definition) is 4. The molecule has 0 radical (unpaired) electrons. The summed E-state index contributed by atoms with van der Waals surface area (Å²) in [4.78, 5) is 20.1. The van der Waals surface area contributed by atoms with Crippen LogP contribution in [0.5, 0.6) is 0 Å². The summed E-state index contributed by atoms with van der Waals surface area (Å²) in [6, 6.07) is 14.9. The molecule has 0 bridgehead atoms. The number of anilines is 1. The normalized spacial score (nSPS) is 14.1. The number of rotatable bonds is 4. The van der Waals surface area contributed by atoms with Gasteiger partial charge in [-0.15, -0.1) is 10.2 Å². The minimum Gasteiger partial charge on any atom is -0.318 e. The third-order valence-corrected chi connectivity index (χ3v) is 4.54. The van der Waals surface area contributed by atoms with Gasteiger partial charge in [-0.25, -0.2) is 4.79 Å². The van der Waals surface area contributed by atoms with Crippen LogP contribution in [0.2, 0.25) is 5.02 Å². The number of pyridine rings is 1. The number of carbonyl (C=O) groups excluding carboxylic acids is 1. The van der Waals surface area contributed by atoms with E-state index in [-0.39, 0.29) is 6.03 Å². The largest absolute Gasteiger partial charge is 0.326 e. The molecule has 2 aromatic heterocycles. The Balaban J connectivity index is 1.47. The molecule has 0 spiro atoms. The molecule has 0 N–H and O–H groups in total. The van der Waals surface area contributed by atoms with Crippen molar-refractivity contribution in [2.75, 3.05) is 18.0 Å². The van der Waals surface area contributed by atoms with Gasteiger partial charge in [0.05, 0.1) is 5.69 Å². The standard InChI is InChI=1S/C19H16ClN5O/c20-16-3-1-14(2-4-16)13-24-11-12-25(19(24)26)18-6-5-17(22-23-18)15-7-9-21-10-8-15/h1-10H,11-13H2. The van der Waals surface area contributed by atoms with Gasteiger partial charge in [-0.1, -0.05) is 23.7 Å². The predicted molar refractivity (Wildman–Crippen MR) is 99.9 cm³/mol. The van der Waals surface area contributed by atoms with E-state index in [9.17, 15) is 4.79 Å². The van der Waals surface area contributed by atoms with Crippen LogP contribution in [-0.2, 0) is 6.54 Å². The van der Waals surface area contributed by atoms with Gasteiger partial charge >= 0.3 is 6.03 Å². The smallest absolute Gasteiger partial charge is 0.318 e. The Morgan fingerprint density at radius 2 is 1.69 bits per heavy atom. The van der Waals surface area contributed by atoms with Crippen LogP contribution in [-0.4, -0.2) is 39.2 Å². The van der Waals surface area contributed by atoms with Crippen LogP contribution in [0.3, 0.4) is 0 Å².